The van der Waals surface area contributed by atoms with Crippen molar-refractivity contribution >= 4 is 21.7 Å². The summed E-state index contributed by atoms with van der Waals surface area (Å²) in [4.78, 5) is 9.44. The number of aromatic nitrogens is 4. The lowest BCUT2D eigenvalue weighted by atomic mass is 9.91. The molecule has 0 spiro atoms. The van der Waals surface area contributed by atoms with Gasteiger partial charge in [-0.15, -0.1) is 0 Å². The van der Waals surface area contributed by atoms with Gasteiger partial charge in [-0.1, -0.05) is 20.8 Å². The fraction of sp³-hybridized carbons (Fsp3) is 0.533. The van der Waals surface area contributed by atoms with Gasteiger partial charge < -0.3 is 5.32 Å². The minimum absolute atomic E-state index is 0.0726. The van der Waals surface area contributed by atoms with Crippen LogP contribution < -0.4 is 5.32 Å². The number of nitrogens with zero attached hydrogens (tertiary/aromatic N) is 4. The van der Waals surface area contributed by atoms with Gasteiger partial charge in [-0.2, -0.15) is 5.10 Å². The molecule has 2 aromatic rings. The summed E-state index contributed by atoms with van der Waals surface area (Å²) in [7, 11) is 1.92. The number of hydrogen-bond donors (Lipinski definition) is 1. The number of aryl methyl sites for hydroxylation is 1. The zero-order chi connectivity index (χ0) is 15.8. The van der Waals surface area contributed by atoms with E-state index in [2.05, 4.69) is 59.0 Å². The van der Waals surface area contributed by atoms with Crippen LogP contribution in [0.4, 0.5) is 5.82 Å². The lowest BCUT2D eigenvalue weighted by molar-refractivity contribution is 0.564. The van der Waals surface area contributed by atoms with Crippen LogP contribution in [-0.4, -0.2) is 26.3 Å². The van der Waals surface area contributed by atoms with Gasteiger partial charge in [0.05, 0.1) is 21.9 Å². The van der Waals surface area contributed by atoms with Crippen LogP contribution in [0.2, 0.25) is 0 Å². The summed E-state index contributed by atoms with van der Waals surface area (Å²) in [6.07, 6.45) is 1.82. The van der Waals surface area contributed by atoms with Gasteiger partial charge in [0.15, 0.2) is 5.82 Å². The number of hydrogen-bond acceptors (Lipinski definition) is 4. The summed E-state index contributed by atoms with van der Waals surface area (Å²) in [6.45, 7) is 11.3. The van der Waals surface area contributed by atoms with Crippen molar-refractivity contribution in [3.63, 3.8) is 0 Å². The summed E-state index contributed by atoms with van der Waals surface area (Å²) in [6, 6.07) is 0. The smallest absolute Gasteiger partial charge is 0.165 e. The third-order valence-corrected chi connectivity index (χ3v) is 4.13. The average Bonchev–Trinajstić information content (AvgIpc) is 2.71. The molecule has 1 N–H and O–H groups in total. The van der Waals surface area contributed by atoms with Gasteiger partial charge >= 0.3 is 0 Å². The molecule has 0 aromatic carbocycles. The number of rotatable bonds is 3. The second-order valence-corrected chi connectivity index (χ2v) is 6.90. The molecular weight excluding hydrogens is 330 g/mol. The van der Waals surface area contributed by atoms with Gasteiger partial charge in [-0.25, -0.2) is 9.97 Å². The normalized spacial score (nSPS) is 11.8. The standard InChI is InChI=1S/C15H22BrN5/c1-7-17-14-11(16)12(15(3,4)5)19-13(20-14)10-8-18-21(6)9(10)2/h8H,7H2,1-6H3,(H,17,19,20). The van der Waals surface area contributed by atoms with Crippen molar-refractivity contribution in [3.8, 4) is 11.4 Å². The van der Waals surface area contributed by atoms with Crippen LogP contribution in [-0.2, 0) is 12.5 Å². The molecule has 0 unspecified atom stereocenters. The van der Waals surface area contributed by atoms with Crippen LogP contribution >= 0.6 is 15.9 Å². The molecule has 0 atom stereocenters. The Hall–Kier alpha value is -1.43. The summed E-state index contributed by atoms with van der Waals surface area (Å²) in [5.41, 5.74) is 2.94. The molecule has 2 heterocycles. The van der Waals surface area contributed by atoms with Crippen molar-refractivity contribution in [2.75, 3.05) is 11.9 Å². The second kappa shape index (κ2) is 5.75. The topological polar surface area (TPSA) is 55.6 Å². The first-order chi connectivity index (χ1) is 9.75. The molecule has 0 amide bonds. The molecule has 0 aliphatic carbocycles. The van der Waals surface area contributed by atoms with E-state index in [-0.39, 0.29) is 5.41 Å². The molecule has 2 rings (SSSR count). The molecule has 0 aliphatic heterocycles. The third kappa shape index (κ3) is 3.10. The van der Waals surface area contributed by atoms with Crippen molar-refractivity contribution in [1.82, 2.24) is 19.7 Å². The maximum atomic E-state index is 4.78. The van der Waals surface area contributed by atoms with E-state index in [1.807, 2.05) is 24.9 Å². The van der Waals surface area contributed by atoms with E-state index in [0.717, 1.165) is 33.8 Å². The second-order valence-electron chi connectivity index (χ2n) is 6.11. The fourth-order valence-electron chi connectivity index (χ4n) is 2.07. The minimum atomic E-state index is -0.0726. The quantitative estimate of drug-likeness (QED) is 0.916. The molecule has 5 nitrogen and oxygen atoms in total. The molecule has 0 bridgehead atoms. The van der Waals surface area contributed by atoms with Crippen LogP contribution in [0.5, 0.6) is 0 Å². The zero-order valence-corrected chi connectivity index (χ0v) is 15.0. The first-order valence-electron chi connectivity index (χ1n) is 7.06. The maximum Gasteiger partial charge on any atom is 0.165 e. The zero-order valence-electron chi connectivity index (χ0n) is 13.5. The monoisotopic (exact) mass is 351 g/mol. The van der Waals surface area contributed by atoms with Gasteiger partial charge in [0.1, 0.15) is 5.82 Å². The number of halogens is 1. The fourth-order valence-corrected chi connectivity index (χ4v) is 2.98. The summed E-state index contributed by atoms with van der Waals surface area (Å²) in [5, 5.41) is 7.59. The molecule has 0 aliphatic rings. The van der Waals surface area contributed by atoms with E-state index in [0.29, 0.717) is 5.82 Å². The Bertz CT molecular complexity index is 655. The van der Waals surface area contributed by atoms with E-state index in [4.69, 9.17) is 4.98 Å². The van der Waals surface area contributed by atoms with Gasteiger partial charge in [0, 0.05) is 24.7 Å². The molecule has 0 saturated carbocycles. The van der Waals surface area contributed by atoms with E-state index >= 15 is 0 Å². The SMILES string of the molecule is CCNc1nc(-c2cnn(C)c2C)nc(C(C)(C)C)c1Br. The highest BCUT2D eigenvalue weighted by Gasteiger charge is 2.24. The predicted octanol–water partition coefficient (Wildman–Crippen LogP) is 3.68. The first kappa shape index (κ1) is 15.9. The van der Waals surface area contributed by atoms with Gasteiger partial charge in [0.25, 0.3) is 0 Å². The van der Waals surface area contributed by atoms with Crippen molar-refractivity contribution in [1.29, 1.82) is 0 Å². The third-order valence-electron chi connectivity index (χ3n) is 3.38. The van der Waals surface area contributed by atoms with Gasteiger partial charge in [-0.05, 0) is 29.8 Å². The molecular formula is C15H22BrN5. The van der Waals surface area contributed by atoms with Crippen LogP contribution in [0, 0.1) is 6.92 Å². The predicted molar refractivity (Wildman–Crippen MR) is 89.5 cm³/mol. The van der Waals surface area contributed by atoms with Crippen LogP contribution in [0.1, 0.15) is 39.1 Å². The van der Waals surface area contributed by atoms with Gasteiger partial charge in [-0.3, -0.25) is 4.68 Å². The van der Waals surface area contributed by atoms with Crippen molar-refractivity contribution < 1.29 is 0 Å². The molecule has 0 radical (unpaired) electrons. The lowest BCUT2D eigenvalue weighted by Gasteiger charge is -2.22. The minimum Gasteiger partial charge on any atom is -0.369 e. The van der Waals surface area contributed by atoms with E-state index in [1.54, 1.807) is 0 Å². The first-order valence-corrected chi connectivity index (χ1v) is 7.85. The Morgan fingerprint density at radius 2 is 1.95 bits per heavy atom. The van der Waals surface area contributed by atoms with Gasteiger partial charge in [0.2, 0.25) is 0 Å². The van der Waals surface area contributed by atoms with Crippen LogP contribution in [0.3, 0.4) is 0 Å². The van der Waals surface area contributed by atoms with E-state index in [9.17, 15) is 0 Å². The van der Waals surface area contributed by atoms with Crippen LogP contribution in [0.25, 0.3) is 11.4 Å². The average molecular weight is 352 g/mol. The molecule has 6 heteroatoms. The summed E-state index contributed by atoms with van der Waals surface area (Å²) < 4.78 is 2.77. The van der Waals surface area contributed by atoms with Crippen molar-refractivity contribution in [2.45, 2.75) is 40.0 Å². The molecule has 114 valence electrons. The number of anilines is 1. The molecule has 21 heavy (non-hydrogen) atoms. The highest BCUT2D eigenvalue weighted by atomic mass is 79.9. The van der Waals surface area contributed by atoms with Crippen LogP contribution in [0.15, 0.2) is 10.7 Å². The molecule has 2 aromatic heterocycles. The summed E-state index contributed by atoms with van der Waals surface area (Å²) in [5.74, 6) is 1.54. The van der Waals surface area contributed by atoms with Crippen molar-refractivity contribution in [3.05, 3.63) is 22.1 Å². The van der Waals surface area contributed by atoms with Crippen molar-refractivity contribution in [2.24, 2.45) is 7.05 Å². The Labute approximate surface area is 134 Å². The Kier molecular flexibility index (Phi) is 4.37. The van der Waals surface area contributed by atoms with E-state index in [1.165, 1.54) is 0 Å². The highest BCUT2D eigenvalue weighted by molar-refractivity contribution is 9.10. The number of nitrogens with one attached hydrogen (secondary N) is 1. The largest absolute Gasteiger partial charge is 0.369 e. The Balaban J connectivity index is 2.67. The Morgan fingerprint density at radius 3 is 2.43 bits per heavy atom. The van der Waals surface area contributed by atoms with E-state index < -0.39 is 0 Å². The summed E-state index contributed by atoms with van der Waals surface area (Å²) >= 11 is 3.64. The lowest BCUT2D eigenvalue weighted by Crippen LogP contribution is -2.17. The Morgan fingerprint density at radius 1 is 1.29 bits per heavy atom. The molecule has 0 fully saturated rings. The highest BCUT2D eigenvalue weighted by Crippen LogP contribution is 2.34. The molecule has 0 saturated heterocycles. The maximum absolute atomic E-state index is 4.78.